The molecule has 1 aliphatic heterocycles. The average Bonchev–Trinajstić information content (AvgIpc) is 2.35. The highest BCUT2D eigenvalue weighted by Crippen LogP contribution is 2.30. The molecule has 110 valence electrons. The number of non-ortho nitro benzene ring substituents is 1. The number of hydrogen-bond acceptors (Lipinski definition) is 4. The van der Waals surface area contributed by atoms with Gasteiger partial charge in [0.25, 0.3) is 5.69 Å². The van der Waals surface area contributed by atoms with Gasteiger partial charge in [0.05, 0.1) is 16.6 Å². The predicted octanol–water partition coefficient (Wildman–Crippen LogP) is 3.16. The number of nitro benzene ring substituents is 1. The molecule has 5 heteroatoms. The van der Waals surface area contributed by atoms with E-state index in [1.165, 1.54) is 6.07 Å². The van der Waals surface area contributed by atoms with Crippen molar-refractivity contribution in [2.75, 3.05) is 13.1 Å². The van der Waals surface area contributed by atoms with Crippen molar-refractivity contribution in [1.29, 1.82) is 0 Å². The van der Waals surface area contributed by atoms with Crippen LogP contribution in [0.2, 0.25) is 0 Å². The van der Waals surface area contributed by atoms with Crippen molar-refractivity contribution in [3.8, 4) is 0 Å². The van der Waals surface area contributed by atoms with E-state index in [4.69, 9.17) is 4.74 Å². The number of nitro groups is 1. The zero-order valence-electron chi connectivity index (χ0n) is 12.5. The SMILES string of the molecule is CC1CN(C(C)c2cccc([N+](=O)[O-])c2)CC(C)(C)O1. The molecule has 1 saturated heterocycles. The van der Waals surface area contributed by atoms with Crippen molar-refractivity contribution in [3.05, 3.63) is 39.9 Å². The fraction of sp³-hybridized carbons (Fsp3) is 0.600. The number of benzene rings is 1. The molecule has 0 amide bonds. The molecule has 1 aliphatic rings. The van der Waals surface area contributed by atoms with Crippen LogP contribution in [0.4, 0.5) is 5.69 Å². The largest absolute Gasteiger partial charge is 0.370 e. The van der Waals surface area contributed by atoms with Crippen molar-refractivity contribution in [3.63, 3.8) is 0 Å². The van der Waals surface area contributed by atoms with Crippen LogP contribution >= 0.6 is 0 Å². The Kier molecular flexibility index (Phi) is 4.11. The third-order valence-corrected chi connectivity index (χ3v) is 3.71. The summed E-state index contributed by atoms with van der Waals surface area (Å²) in [5.74, 6) is 0. The third kappa shape index (κ3) is 3.35. The lowest BCUT2D eigenvalue weighted by Gasteiger charge is -2.44. The molecule has 0 bridgehead atoms. The van der Waals surface area contributed by atoms with Crippen molar-refractivity contribution in [2.45, 2.75) is 45.4 Å². The van der Waals surface area contributed by atoms with E-state index >= 15 is 0 Å². The Morgan fingerprint density at radius 3 is 2.80 bits per heavy atom. The van der Waals surface area contributed by atoms with E-state index in [1.807, 2.05) is 6.07 Å². The topological polar surface area (TPSA) is 55.6 Å². The fourth-order valence-corrected chi connectivity index (χ4v) is 2.91. The molecular weight excluding hydrogens is 256 g/mol. The smallest absolute Gasteiger partial charge is 0.269 e. The van der Waals surface area contributed by atoms with Gasteiger partial charge in [0.1, 0.15) is 0 Å². The maximum Gasteiger partial charge on any atom is 0.269 e. The van der Waals surface area contributed by atoms with Crippen molar-refractivity contribution in [2.24, 2.45) is 0 Å². The molecule has 1 aromatic rings. The van der Waals surface area contributed by atoms with E-state index in [0.29, 0.717) is 0 Å². The van der Waals surface area contributed by atoms with Gasteiger partial charge in [0.2, 0.25) is 0 Å². The summed E-state index contributed by atoms with van der Waals surface area (Å²) in [6, 6.07) is 7.03. The lowest BCUT2D eigenvalue weighted by molar-refractivity contribution is -0.385. The molecule has 0 aliphatic carbocycles. The average molecular weight is 278 g/mol. The predicted molar refractivity (Wildman–Crippen MR) is 77.7 cm³/mol. The van der Waals surface area contributed by atoms with Crippen LogP contribution < -0.4 is 0 Å². The van der Waals surface area contributed by atoms with E-state index in [0.717, 1.165) is 18.7 Å². The van der Waals surface area contributed by atoms with E-state index in [-0.39, 0.29) is 28.4 Å². The van der Waals surface area contributed by atoms with Gasteiger partial charge in [-0.3, -0.25) is 15.0 Å². The van der Waals surface area contributed by atoms with Gasteiger partial charge in [-0.05, 0) is 33.3 Å². The molecule has 0 aromatic heterocycles. The lowest BCUT2D eigenvalue weighted by atomic mass is 10.00. The van der Waals surface area contributed by atoms with Gasteiger partial charge in [-0.15, -0.1) is 0 Å². The van der Waals surface area contributed by atoms with Gasteiger partial charge < -0.3 is 4.74 Å². The van der Waals surface area contributed by atoms with Crippen molar-refractivity contribution >= 4 is 5.69 Å². The van der Waals surface area contributed by atoms with Crippen LogP contribution in [0.15, 0.2) is 24.3 Å². The van der Waals surface area contributed by atoms with Crippen LogP contribution in [-0.4, -0.2) is 34.6 Å². The summed E-state index contributed by atoms with van der Waals surface area (Å²) >= 11 is 0. The maximum atomic E-state index is 10.9. The van der Waals surface area contributed by atoms with E-state index in [2.05, 4.69) is 32.6 Å². The lowest BCUT2D eigenvalue weighted by Crippen LogP contribution is -2.52. The highest BCUT2D eigenvalue weighted by Gasteiger charge is 2.33. The van der Waals surface area contributed by atoms with Crippen LogP contribution in [-0.2, 0) is 4.74 Å². The van der Waals surface area contributed by atoms with Gasteiger partial charge in [-0.2, -0.15) is 0 Å². The first kappa shape index (κ1) is 14.9. The Morgan fingerprint density at radius 2 is 2.20 bits per heavy atom. The van der Waals surface area contributed by atoms with E-state index in [1.54, 1.807) is 12.1 Å². The van der Waals surface area contributed by atoms with Gasteiger partial charge in [-0.25, -0.2) is 0 Å². The molecule has 1 aromatic carbocycles. The first-order chi connectivity index (χ1) is 9.28. The zero-order chi connectivity index (χ0) is 14.9. The minimum absolute atomic E-state index is 0.139. The van der Waals surface area contributed by atoms with Crippen LogP contribution in [0.25, 0.3) is 0 Å². The fourth-order valence-electron chi connectivity index (χ4n) is 2.91. The Bertz CT molecular complexity index is 502. The first-order valence-corrected chi connectivity index (χ1v) is 6.95. The molecule has 2 unspecified atom stereocenters. The second-order valence-electron chi connectivity index (χ2n) is 6.15. The summed E-state index contributed by atoms with van der Waals surface area (Å²) in [6.07, 6.45) is 0.167. The molecular formula is C15H22N2O3. The maximum absolute atomic E-state index is 10.9. The number of hydrogen-bond donors (Lipinski definition) is 0. The van der Waals surface area contributed by atoms with Crippen molar-refractivity contribution in [1.82, 2.24) is 4.90 Å². The van der Waals surface area contributed by atoms with Crippen LogP contribution in [0.3, 0.4) is 0 Å². The van der Waals surface area contributed by atoms with E-state index in [9.17, 15) is 10.1 Å². The summed E-state index contributed by atoms with van der Waals surface area (Å²) < 4.78 is 5.90. The molecule has 0 spiro atoms. The summed E-state index contributed by atoms with van der Waals surface area (Å²) in [7, 11) is 0. The van der Waals surface area contributed by atoms with E-state index < -0.39 is 0 Å². The zero-order valence-corrected chi connectivity index (χ0v) is 12.5. The standard InChI is InChI=1S/C15H22N2O3/c1-11-9-16(10-15(3,4)20-11)12(2)13-6-5-7-14(8-13)17(18)19/h5-8,11-12H,9-10H2,1-4H3. The molecule has 0 N–H and O–H groups in total. The molecule has 0 radical (unpaired) electrons. The summed E-state index contributed by atoms with van der Waals surface area (Å²) in [5.41, 5.74) is 0.936. The second kappa shape index (κ2) is 5.50. The number of rotatable bonds is 3. The third-order valence-electron chi connectivity index (χ3n) is 3.71. The van der Waals surface area contributed by atoms with Crippen LogP contribution in [0, 0.1) is 10.1 Å². The number of nitrogens with zero attached hydrogens (tertiary/aromatic N) is 2. The minimum Gasteiger partial charge on any atom is -0.370 e. The summed E-state index contributed by atoms with van der Waals surface area (Å²) in [5, 5.41) is 10.9. The Hall–Kier alpha value is -1.46. The second-order valence-corrected chi connectivity index (χ2v) is 6.15. The van der Waals surface area contributed by atoms with Crippen molar-refractivity contribution < 1.29 is 9.66 Å². The van der Waals surface area contributed by atoms with Gasteiger partial charge in [-0.1, -0.05) is 12.1 Å². The highest BCUT2D eigenvalue weighted by molar-refractivity contribution is 5.35. The molecule has 1 fully saturated rings. The normalized spacial score (nSPS) is 24.3. The van der Waals surface area contributed by atoms with Gasteiger partial charge in [0, 0.05) is 31.3 Å². The summed E-state index contributed by atoms with van der Waals surface area (Å²) in [4.78, 5) is 12.9. The molecule has 2 rings (SSSR count). The highest BCUT2D eigenvalue weighted by atomic mass is 16.6. The number of ether oxygens (including phenoxy) is 1. The first-order valence-electron chi connectivity index (χ1n) is 6.95. The Balaban J connectivity index is 2.20. The Morgan fingerprint density at radius 1 is 1.50 bits per heavy atom. The quantitative estimate of drug-likeness (QED) is 0.629. The van der Waals surface area contributed by atoms with Gasteiger partial charge >= 0.3 is 0 Å². The Labute approximate surface area is 119 Å². The van der Waals surface area contributed by atoms with Crippen LogP contribution in [0.5, 0.6) is 0 Å². The number of morpholine rings is 1. The molecule has 5 nitrogen and oxygen atoms in total. The summed E-state index contributed by atoms with van der Waals surface area (Å²) in [6.45, 7) is 9.97. The minimum atomic E-state index is -0.345. The monoisotopic (exact) mass is 278 g/mol. The molecule has 2 atom stereocenters. The molecule has 20 heavy (non-hydrogen) atoms. The molecule has 1 heterocycles. The van der Waals surface area contributed by atoms with Crippen LogP contribution in [0.1, 0.15) is 39.3 Å². The van der Waals surface area contributed by atoms with Gasteiger partial charge in [0.15, 0.2) is 0 Å². The molecule has 0 saturated carbocycles.